The zero-order valence-electron chi connectivity index (χ0n) is 12.2. The van der Waals surface area contributed by atoms with Gasteiger partial charge in [-0.25, -0.2) is 0 Å². The lowest BCUT2D eigenvalue weighted by molar-refractivity contribution is -0.134. The molecule has 3 heteroatoms. The zero-order chi connectivity index (χ0) is 13.4. The smallest absolute Gasteiger partial charge is 0.222 e. The van der Waals surface area contributed by atoms with E-state index in [0.717, 1.165) is 32.4 Å². The number of nitrogens with zero attached hydrogens (tertiary/aromatic N) is 1. The van der Waals surface area contributed by atoms with Gasteiger partial charge in [-0.1, -0.05) is 32.6 Å². The Morgan fingerprint density at radius 2 is 2.00 bits per heavy atom. The molecule has 0 bridgehead atoms. The first kappa shape index (κ1) is 15.5. The van der Waals surface area contributed by atoms with E-state index >= 15 is 0 Å². The van der Waals surface area contributed by atoms with Crippen molar-refractivity contribution >= 4 is 5.91 Å². The van der Waals surface area contributed by atoms with Crippen molar-refractivity contribution in [3.63, 3.8) is 0 Å². The quantitative estimate of drug-likeness (QED) is 0.677. The Labute approximate surface area is 112 Å². The molecule has 0 aromatic heterocycles. The van der Waals surface area contributed by atoms with Crippen molar-refractivity contribution in [1.82, 2.24) is 4.90 Å². The minimum absolute atomic E-state index is 0.346. The summed E-state index contributed by atoms with van der Waals surface area (Å²) < 4.78 is 0. The van der Waals surface area contributed by atoms with Crippen molar-refractivity contribution in [2.75, 3.05) is 13.1 Å². The third kappa shape index (κ3) is 4.27. The molecule has 0 heterocycles. The van der Waals surface area contributed by atoms with E-state index in [2.05, 4.69) is 18.7 Å². The normalized spacial score (nSPS) is 23.3. The van der Waals surface area contributed by atoms with E-state index in [1.807, 2.05) is 0 Å². The molecule has 3 nitrogen and oxygen atoms in total. The van der Waals surface area contributed by atoms with Crippen LogP contribution in [0.1, 0.15) is 65.2 Å². The maximum Gasteiger partial charge on any atom is 0.222 e. The Morgan fingerprint density at radius 3 is 2.61 bits per heavy atom. The Kier molecular flexibility index (Phi) is 7.33. The summed E-state index contributed by atoms with van der Waals surface area (Å²) in [5.74, 6) is 0.878. The van der Waals surface area contributed by atoms with Gasteiger partial charge in [-0.05, 0) is 38.6 Å². The van der Waals surface area contributed by atoms with Crippen LogP contribution in [0.4, 0.5) is 0 Å². The lowest BCUT2D eigenvalue weighted by Gasteiger charge is -2.32. The summed E-state index contributed by atoms with van der Waals surface area (Å²) in [5.41, 5.74) is 5.82. The first-order chi connectivity index (χ1) is 8.74. The second kappa shape index (κ2) is 8.52. The van der Waals surface area contributed by atoms with Gasteiger partial charge in [0.05, 0.1) is 0 Å². The molecule has 2 N–H and O–H groups in total. The minimum atomic E-state index is 0.346. The van der Waals surface area contributed by atoms with E-state index in [-0.39, 0.29) is 0 Å². The van der Waals surface area contributed by atoms with Crippen LogP contribution in [0.5, 0.6) is 0 Å². The molecule has 0 saturated heterocycles. The number of hydrogen-bond acceptors (Lipinski definition) is 2. The first-order valence-corrected chi connectivity index (χ1v) is 7.74. The van der Waals surface area contributed by atoms with Gasteiger partial charge in [-0.15, -0.1) is 0 Å². The second-order valence-electron chi connectivity index (χ2n) is 5.48. The van der Waals surface area contributed by atoms with Crippen molar-refractivity contribution in [3.8, 4) is 0 Å². The predicted molar refractivity (Wildman–Crippen MR) is 76.3 cm³/mol. The standard InChI is InChI=1S/C15H30N2O/c1-3-5-6-7-11-15(18)17(4-2)14-10-8-9-13(14)12-16/h13-14H,3-12,16H2,1-2H3. The van der Waals surface area contributed by atoms with Crippen LogP contribution in [0.25, 0.3) is 0 Å². The van der Waals surface area contributed by atoms with Crippen LogP contribution in [0.3, 0.4) is 0 Å². The number of carbonyl (C=O) groups excluding carboxylic acids is 1. The number of amides is 1. The first-order valence-electron chi connectivity index (χ1n) is 7.74. The van der Waals surface area contributed by atoms with Gasteiger partial charge in [0.1, 0.15) is 0 Å². The molecule has 1 saturated carbocycles. The molecule has 106 valence electrons. The van der Waals surface area contributed by atoms with E-state index in [1.165, 1.54) is 32.1 Å². The maximum absolute atomic E-state index is 12.3. The number of rotatable bonds is 8. The van der Waals surface area contributed by atoms with Crippen LogP contribution in [0, 0.1) is 5.92 Å². The number of unbranched alkanes of at least 4 members (excludes halogenated alkanes) is 3. The van der Waals surface area contributed by atoms with Gasteiger partial charge in [-0.3, -0.25) is 4.79 Å². The maximum atomic E-state index is 12.3. The summed E-state index contributed by atoms with van der Waals surface area (Å²) in [5, 5.41) is 0. The topological polar surface area (TPSA) is 46.3 Å². The van der Waals surface area contributed by atoms with Crippen molar-refractivity contribution < 1.29 is 4.79 Å². The molecule has 1 rings (SSSR count). The molecular weight excluding hydrogens is 224 g/mol. The molecule has 2 unspecified atom stereocenters. The van der Waals surface area contributed by atoms with Crippen molar-refractivity contribution in [1.29, 1.82) is 0 Å². The van der Waals surface area contributed by atoms with Crippen LogP contribution in [0.15, 0.2) is 0 Å². The molecule has 0 spiro atoms. The lowest BCUT2D eigenvalue weighted by atomic mass is 10.0. The fourth-order valence-corrected chi connectivity index (χ4v) is 3.14. The van der Waals surface area contributed by atoms with E-state index in [1.54, 1.807) is 0 Å². The summed E-state index contributed by atoms with van der Waals surface area (Å²) in [6, 6.07) is 0.415. The summed E-state index contributed by atoms with van der Waals surface area (Å²) in [6.45, 7) is 5.86. The van der Waals surface area contributed by atoms with Gasteiger partial charge in [0.25, 0.3) is 0 Å². The third-order valence-electron chi connectivity index (χ3n) is 4.23. The summed E-state index contributed by atoms with van der Waals surface area (Å²) in [7, 11) is 0. The fourth-order valence-electron chi connectivity index (χ4n) is 3.14. The molecule has 2 atom stereocenters. The number of carbonyl (C=O) groups is 1. The van der Waals surface area contributed by atoms with Gasteiger partial charge in [0.15, 0.2) is 0 Å². The Morgan fingerprint density at radius 1 is 1.22 bits per heavy atom. The highest BCUT2D eigenvalue weighted by molar-refractivity contribution is 5.76. The largest absolute Gasteiger partial charge is 0.340 e. The lowest BCUT2D eigenvalue weighted by Crippen LogP contribution is -2.44. The summed E-state index contributed by atoms with van der Waals surface area (Å²) >= 11 is 0. The molecule has 1 aliphatic carbocycles. The van der Waals surface area contributed by atoms with Crippen LogP contribution >= 0.6 is 0 Å². The highest BCUT2D eigenvalue weighted by atomic mass is 16.2. The minimum Gasteiger partial charge on any atom is -0.340 e. The van der Waals surface area contributed by atoms with Crippen LogP contribution in [-0.2, 0) is 4.79 Å². The van der Waals surface area contributed by atoms with Gasteiger partial charge in [0.2, 0.25) is 5.91 Å². The molecule has 1 aliphatic rings. The molecule has 0 aliphatic heterocycles. The SMILES string of the molecule is CCCCCCC(=O)N(CC)C1CCCC1CN. The van der Waals surface area contributed by atoms with Gasteiger partial charge in [-0.2, -0.15) is 0 Å². The monoisotopic (exact) mass is 254 g/mol. The average Bonchev–Trinajstić information content (AvgIpc) is 2.84. The zero-order valence-corrected chi connectivity index (χ0v) is 12.2. The van der Waals surface area contributed by atoms with Crippen LogP contribution in [0.2, 0.25) is 0 Å². The van der Waals surface area contributed by atoms with E-state index in [0.29, 0.717) is 17.9 Å². The average molecular weight is 254 g/mol. The third-order valence-corrected chi connectivity index (χ3v) is 4.23. The van der Waals surface area contributed by atoms with Gasteiger partial charge >= 0.3 is 0 Å². The van der Waals surface area contributed by atoms with Gasteiger partial charge < -0.3 is 10.6 Å². The molecule has 1 amide bonds. The molecule has 0 aromatic rings. The Hall–Kier alpha value is -0.570. The molecule has 18 heavy (non-hydrogen) atoms. The highest BCUT2D eigenvalue weighted by Gasteiger charge is 2.32. The van der Waals surface area contributed by atoms with E-state index < -0.39 is 0 Å². The summed E-state index contributed by atoms with van der Waals surface area (Å²) in [4.78, 5) is 14.4. The van der Waals surface area contributed by atoms with Crippen LogP contribution < -0.4 is 5.73 Å². The second-order valence-corrected chi connectivity index (χ2v) is 5.48. The van der Waals surface area contributed by atoms with Crippen molar-refractivity contribution in [3.05, 3.63) is 0 Å². The Bertz CT molecular complexity index is 243. The summed E-state index contributed by atoms with van der Waals surface area (Å²) in [6.07, 6.45) is 9.00. The molecule has 1 fully saturated rings. The van der Waals surface area contributed by atoms with Gasteiger partial charge in [0, 0.05) is 19.0 Å². The van der Waals surface area contributed by atoms with Crippen LogP contribution in [-0.4, -0.2) is 29.9 Å². The fraction of sp³-hybridized carbons (Fsp3) is 0.933. The Balaban J connectivity index is 2.41. The highest BCUT2D eigenvalue weighted by Crippen LogP contribution is 2.29. The van der Waals surface area contributed by atoms with E-state index in [9.17, 15) is 4.79 Å². The van der Waals surface area contributed by atoms with Crippen molar-refractivity contribution in [2.45, 2.75) is 71.3 Å². The number of nitrogens with two attached hydrogens (primary N) is 1. The number of hydrogen-bond donors (Lipinski definition) is 1. The van der Waals surface area contributed by atoms with E-state index in [4.69, 9.17) is 5.73 Å². The predicted octanol–water partition coefficient (Wildman–Crippen LogP) is 2.93. The molecule has 0 aromatic carbocycles. The van der Waals surface area contributed by atoms with Crippen molar-refractivity contribution in [2.24, 2.45) is 11.7 Å². The molecule has 0 radical (unpaired) electrons. The molecular formula is C15H30N2O.